The molecule has 1 heterocycles. The Morgan fingerprint density at radius 1 is 1.14 bits per heavy atom. The maximum absolute atomic E-state index is 12.2. The van der Waals surface area contributed by atoms with Gasteiger partial charge in [0.25, 0.3) is 5.91 Å². The van der Waals surface area contributed by atoms with Gasteiger partial charge in [0.2, 0.25) is 0 Å². The van der Waals surface area contributed by atoms with E-state index < -0.39 is 5.97 Å². The van der Waals surface area contributed by atoms with E-state index in [-0.39, 0.29) is 11.6 Å². The molecule has 1 aromatic carbocycles. The molecule has 1 aromatic heterocycles. The molecule has 1 amide bonds. The summed E-state index contributed by atoms with van der Waals surface area (Å²) in [6, 6.07) is 10.7. The summed E-state index contributed by atoms with van der Waals surface area (Å²) in [5.74, 6) is -0.500. The number of anilines is 1. The zero-order chi connectivity index (χ0) is 16.1. The first-order chi connectivity index (χ1) is 10.5. The molecule has 0 aliphatic carbocycles. The molecule has 114 valence electrons. The molecule has 0 saturated carbocycles. The number of benzene rings is 1. The second-order valence-corrected chi connectivity index (χ2v) is 5.12. The SMILES string of the molecule is COC(=O)c1ccc(C(=O)Nc2ccccc2C(C)C)nc1. The molecule has 5 heteroatoms. The first-order valence-electron chi connectivity index (χ1n) is 6.97. The Balaban J connectivity index is 2.18. The molecular formula is C17H18N2O3. The van der Waals surface area contributed by atoms with Gasteiger partial charge < -0.3 is 10.1 Å². The molecule has 0 atom stereocenters. The van der Waals surface area contributed by atoms with Gasteiger partial charge in [0, 0.05) is 11.9 Å². The lowest BCUT2D eigenvalue weighted by atomic mass is 10.0. The number of para-hydroxylation sites is 1. The molecule has 0 radical (unpaired) electrons. The molecule has 22 heavy (non-hydrogen) atoms. The fourth-order valence-electron chi connectivity index (χ4n) is 2.07. The van der Waals surface area contributed by atoms with Crippen molar-refractivity contribution in [2.75, 3.05) is 12.4 Å². The molecule has 0 spiro atoms. The third kappa shape index (κ3) is 3.49. The maximum Gasteiger partial charge on any atom is 0.339 e. The number of aromatic nitrogens is 1. The molecule has 0 bridgehead atoms. The standard InChI is InChI=1S/C17H18N2O3/c1-11(2)13-6-4-5-7-14(13)19-16(20)15-9-8-12(10-18-15)17(21)22-3/h4-11H,1-3H3,(H,19,20). The number of amides is 1. The van der Waals surface area contributed by atoms with E-state index in [2.05, 4.69) is 28.9 Å². The van der Waals surface area contributed by atoms with Crippen LogP contribution < -0.4 is 5.32 Å². The fraction of sp³-hybridized carbons (Fsp3) is 0.235. The van der Waals surface area contributed by atoms with Gasteiger partial charge in [-0.25, -0.2) is 4.79 Å². The van der Waals surface area contributed by atoms with Gasteiger partial charge in [0.15, 0.2) is 0 Å². The number of carbonyl (C=O) groups is 2. The normalized spacial score (nSPS) is 10.4. The number of ether oxygens (including phenoxy) is 1. The first kappa shape index (κ1) is 15.7. The third-order valence-corrected chi connectivity index (χ3v) is 3.25. The summed E-state index contributed by atoms with van der Waals surface area (Å²) in [4.78, 5) is 27.6. The zero-order valence-corrected chi connectivity index (χ0v) is 12.8. The maximum atomic E-state index is 12.2. The number of hydrogen-bond acceptors (Lipinski definition) is 4. The van der Waals surface area contributed by atoms with Crippen LogP contribution in [0.5, 0.6) is 0 Å². The van der Waals surface area contributed by atoms with Crippen molar-refractivity contribution in [1.29, 1.82) is 0 Å². The third-order valence-electron chi connectivity index (χ3n) is 3.25. The summed E-state index contributed by atoms with van der Waals surface area (Å²) in [5.41, 5.74) is 2.37. The molecule has 0 unspecified atom stereocenters. The minimum atomic E-state index is -0.482. The van der Waals surface area contributed by atoms with Gasteiger partial charge in [-0.1, -0.05) is 32.0 Å². The monoisotopic (exact) mass is 298 g/mol. The topological polar surface area (TPSA) is 68.3 Å². The fourth-order valence-corrected chi connectivity index (χ4v) is 2.07. The summed E-state index contributed by atoms with van der Waals surface area (Å²) >= 11 is 0. The van der Waals surface area contributed by atoms with E-state index in [0.29, 0.717) is 11.5 Å². The van der Waals surface area contributed by atoms with Gasteiger partial charge in [-0.2, -0.15) is 0 Å². The Morgan fingerprint density at radius 2 is 1.86 bits per heavy atom. The van der Waals surface area contributed by atoms with E-state index in [9.17, 15) is 9.59 Å². The highest BCUT2D eigenvalue weighted by Gasteiger charge is 2.13. The molecular weight excluding hydrogens is 280 g/mol. The van der Waals surface area contributed by atoms with Gasteiger partial charge in [0.1, 0.15) is 5.69 Å². The number of pyridine rings is 1. The largest absolute Gasteiger partial charge is 0.465 e. The first-order valence-corrected chi connectivity index (χ1v) is 6.97. The van der Waals surface area contributed by atoms with Crippen molar-refractivity contribution in [3.8, 4) is 0 Å². The predicted octanol–water partition coefficient (Wildman–Crippen LogP) is 3.24. The van der Waals surface area contributed by atoms with Crippen LogP contribution in [-0.4, -0.2) is 24.0 Å². The summed E-state index contributed by atoms with van der Waals surface area (Å²) in [6.45, 7) is 4.13. The van der Waals surface area contributed by atoms with Crippen LogP contribution in [0, 0.1) is 0 Å². The minimum absolute atomic E-state index is 0.242. The zero-order valence-electron chi connectivity index (χ0n) is 12.8. The molecule has 0 fully saturated rings. The van der Waals surface area contributed by atoms with Gasteiger partial charge in [-0.05, 0) is 29.7 Å². The van der Waals surface area contributed by atoms with E-state index >= 15 is 0 Å². The molecule has 0 aliphatic rings. The van der Waals surface area contributed by atoms with Crippen molar-refractivity contribution in [2.24, 2.45) is 0 Å². The summed E-state index contributed by atoms with van der Waals surface area (Å²) in [5, 5.41) is 2.85. The lowest BCUT2D eigenvalue weighted by molar-refractivity contribution is 0.0600. The van der Waals surface area contributed by atoms with Crippen LogP contribution in [0.25, 0.3) is 0 Å². The van der Waals surface area contributed by atoms with Crippen molar-refractivity contribution in [3.63, 3.8) is 0 Å². The minimum Gasteiger partial charge on any atom is -0.465 e. The summed E-state index contributed by atoms with van der Waals surface area (Å²) in [7, 11) is 1.30. The second-order valence-electron chi connectivity index (χ2n) is 5.12. The molecule has 5 nitrogen and oxygen atoms in total. The number of nitrogens with zero attached hydrogens (tertiary/aromatic N) is 1. The van der Waals surface area contributed by atoms with Gasteiger partial charge in [-0.15, -0.1) is 0 Å². The van der Waals surface area contributed by atoms with E-state index in [0.717, 1.165) is 11.3 Å². The van der Waals surface area contributed by atoms with Crippen LogP contribution in [0.2, 0.25) is 0 Å². The Bertz CT molecular complexity index is 679. The molecule has 1 N–H and O–H groups in total. The van der Waals surface area contributed by atoms with Crippen molar-refractivity contribution >= 4 is 17.6 Å². The molecule has 2 rings (SSSR count). The Hall–Kier alpha value is -2.69. The van der Waals surface area contributed by atoms with Gasteiger partial charge in [0.05, 0.1) is 12.7 Å². The number of rotatable bonds is 4. The number of nitrogens with one attached hydrogen (secondary N) is 1. The number of hydrogen-bond donors (Lipinski definition) is 1. The smallest absolute Gasteiger partial charge is 0.339 e. The highest BCUT2D eigenvalue weighted by Crippen LogP contribution is 2.24. The van der Waals surface area contributed by atoms with Crippen molar-refractivity contribution in [3.05, 3.63) is 59.4 Å². The predicted molar refractivity (Wildman–Crippen MR) is 84.1 cm³/mol. The average Bonchev–Trinajstić information content (AvgIpc) is 2.54. The Kier molecular flexibility index (Phi) is 4.88. The molecule has 0 saturated heterocycles. The Labute approximate surface area is 129 Å². The van der Waals surface area contributed by atoms with E-state index in [1.807, 2.05) is 24.3 Å². The van der Waals surface area contributed by atoms with Crippen molar-refractivity contribution in [1.82, 2.24) is 4.98 Å². The van der Waals surface area contributed by atoms with E-state index in [4.69, 9.17) is 0 Å². The van der Waals surface area contributed by atoms with Gasteiger partial charge in [-0.3, -0.25) is 9.78 Å². The molecule has 0 aliphatic heterocycles. The second kappa shape index (κ2) is 6.85. The summed E-state index contributed by atoms with van der Waals surface area (Å²) < 4.78 is 4.59. The van der Waals surface area contributed by atoms with Crippen LogP contribution in [0.4, 0.5) is 5.69 Å². The molecule has 2 aromatic rings. The number of carbonyl (C=O) groups excluding carboxylic acids is 2. The van der Waals surface area contributed by atoms with E-state index in [1.165, 1.54) is 25.4 Å². The highest BCUT2D eigenvalue weighted by molar-refractivity contribution is 6.03. The number of esters is 1. The number of methoxy groups -OCH3 is 1. The Morgan fingerprint density at radius 3 is 2.45 bits per heavy atom. The average molecular weight is 298 g/mol. The quantitative estimate of drug-likeness (QED) is 0.880. The van der Waals surface area contributed by atoms with Crippen LogP contribution >= 0.6 is 0 Å². The van der Waals surface area contributed by atoms with E-state index in [1.54, 1.807) is 0 Å². The van der Waals surface area contributed by atoms with Crippen LogP contribution in [-0.2, 0) is 4.74 Å². The summed E-state index contributed by atoms with van der Waals surface area (Å²) in [6.07, 6.45) is 1.33. The van der Waals surface area contributed by atoms with Crippen molar-refractivity contribution < 1.29 is 14.3 Å². The lowest BCUT2D eigenvalue weighted by Gasteiger charge is -2.13. The lowest BCUT2D eigenvalue weighted by Crippen LogP contribution is -2.15. The van der Waals surface area contributed by atoms with Crippen LogP contribution in [0.3, 0.4) is 0 Å². The van der Waals surface area contributed by atoms with Crippen LogP contribution in [0.1, 0.15) is 46.2 Å². The van der Waals surface area contributed by atoms with Crippen LogP contribution in [0.15, 0.2) is 42.6 Å². The highest BCUT2D eigenvalue weighted by atomic mass is 16.5. The van der Waals surface area contributed by atoms with Gasteiger partial charge >= 0.3 is 5.97 Å². The van der Waals surface area contributed by atoms with Crippen molar-refractivity contribution in [2.45, 2.75) is 19.8 Å².